The molecular weight excluding hydrogens is 278 g/mol. The molecule has 0 saturated carbocycles. The number of hydrogen-bond donors (Lipinski definition) is 3. The summed E-state index contributed by atoms with van der Waals surface area (Å²) in [7, 11) is 0. The molecule has 1 aromatic carbocycles. The molecule has 0 aliphatic heterocycles. The molecule has 0 saturated heterocycles. The first kappa shape index (κ1) is 14.5. The number of fused-ring (bicyclic) bond motifs is 1. The van der Waals surface area contributed by atoms with E-state index in [2.05, 4.69) is 15.6 Å². The van der Waals surface area contributed by atoms with Gasteiger partial charge in [-0.3, -0.25) is 4.79 Å². The lowest BCUT2D eigenvalue weighted by molar-refractivity contribution is 0.0955. The Hall–Kier alpha value is -2.40. The van der Waals surface area contributed by atoms with Crippen LogP contribution in [-0.2, 0) is 6.42 Å². The largest absolute Gasteiger partial charge is 0.390 e. The van der Waals surface area contributed by atoms with Crippen LogP contribution in [-0.4, -0.2) is 28.6 Å². The fourth-order valence-corrected chi connectivity index (χ4v) is 2.78. The fourth-order valence-electron chi connectivity index (χ4n) is 2.78. The van der Waals surface area contributed by atoms with E-state index in [4.69, 9.17) is 0 Å². The Morgan fingerprint density at radius 2 is 2.14 bits per heavy atom. The average molecular weight is 297 g/mol. The number of aliphatic hydroxyl groups is 1. The minimum atomic E-state index is -0.470. The number of anilines is 1. The van der Waals surface area contributed by atoms with Crippen molar-refractivity contribution in [3.8, 4) is 0 Å². The fraction of sp³-hybridized carbons (Fsp3) is 0.294. The Morgan fingerprint density at radius 1 is 1.32 bits per heavy atom. The number of amides is 1. The molecule has 3 rings (SSSR count). The number of benzene rings is 1. The van der Waals surface area contributed by atoms with Gasteiger partial charge in [-0.05, 0) is 30.2 Å². The van der Waals surface area contributed by atoms with Crippen LogP contribution in [0.1, 0.15) is 34.5 Å². The lowest BCUT2D eigenvalue weighted by atomic mass is 10.1. The number of aromatic nitrogens is 1. The topological polar surface area (TPSA) is 74.2 Å². The summed E-state index contributed by atoms with van der Waals surface area (Å²) in [5.74, 6) is 0.515. The summed E-state index contributed by atoms with van der Waals surface area (Å²) >= 11 is 0. The van der Waals surface area contributed by atoms with Crippen molar-refractivity contribution in [1.29, 1.82) is 0 Å². The smallest absolute Gasteiger partial charge is 0.252 e. The van der Waals surface area contributed by atoms with Gasteiger partial charge in [0.2, 0.25) is 0 Å². The van der Waals surface area contributed by atoms with Gasteiger partial charge in [-0.25, -0.2) is 4.98 Å². The van der Waals surface area contributed by atoms with Gasteiger partial charge in [-0.1, -0.05) is 24.3 Å². The molecule has 1 aliphatic carbocycles. The van der Waals surface area contributed by atoms with Crippen molar-refractivity contribution in [2.24, 2.45) is 0 Å². The first-order valence-electron chi connectivity index (χ1n) is 7.45. The van der Waals surface area contributed by atoms with Crippen molar-refractivity contribution < 1.29 is 9.90 Å². The second-order valence-corrected chi connectivity index (χ2v) is 5.38. The highest BCUT2D eigenvalue weighted by Crippen LogP contribution is 2.33. The van der Waals surface area contributed by atoms with Crippen molar-refractivity contribution >= 4 is 11.7 Å². The quantitative estimate of drug-likeness (QED) is 0.806. The van der Waals surface area contributed by atoms with Gasteiger partial charge >= 0.3 is 0 Å². The standard InChI is InChI=1S/C17H19N3O2/c1-2-18-17(22)12-7-8-15(19-10-12)20-16-13-6-4-3-5-11(13)9-14(16)21/h3-8,10,14,16,21H,2,9H2,1H3,(H,18,22)(H,19,20)/t14-,16+/m0/s1. The molecule has 0 fully saturated rings. The molecule has 1 heterocycles. The molecule has 0 spiro atoms. The van der Waals surface area contributed by atoms with Gasteiger partial charge in [0.25, 0.3) is 5.91 Å². The Kier molecular flexibility index (Phi) is 4.06. The molecule has 2 atom stereocenters. The van der Waals surface area contributed by atoms with E-state index < -0.39 is 6.10 Å². The second kappa shape index (κ2) is 6.15. The summed E-state index contributed by atoms with van der Waals surface area (Å²) in [6, 6.07) is 11.3. The van der Waals surface area contributed by atoms with Crippen LogP contribution in [0.5, 0.6) is 0 Å². The van der Waals surface area contributed by atoms with Gasteiger partial charge in [0, 0.05) is 19.2 Å². The summed E-state index contributed by atoms with van der Waals surface area (Å²) in [6.07, 6.45) is 1.72. The van der Waals surface area contributed by atoms with Gasteiger partial charge < -0.3 is 15.7 Å². The van der Waals surface area contributed by atoms with Crippen LogP contribution < -0.4 is 10.6 Å². The Morgan fingerprint density at radius 3 is 2.86 bits per heavy atom. The van der Waals surface area contributed by atoms with E-state index in [9.17, 15) is 9.90 Å². The Labute approximate surface area is 129 Å². The Balaban J connectivity index is 1.75. The van der Waals surface area contributed by atoms with Crippen molar-refractivity contribution in [2.75, 3.05) is 11.9 Å². The Bertz CT molecular complexity index is 670. The number of nitrogens with zero attached hydrogens (tertiary/aromatic N) is 1. The van der Waals surface area contributed by atoms with Crippen molar-refractivity contribution in [1.82, 2.24) is 10.3 Å². The molecule has 1 aromatic heterocycles. The van der Waals surface area contributed by atoms with Crippen molar-refractivity contribution in [3.05, 3.63) is 59.3 Å². The van der Waals surface area contributed by atoms with Crippen LogP contribution in [0.25, 0.3) is 0 Å². The van der Waals surface area contributed by atoms with E-state index in [0.717, 1.165) is 11.1 Å². The minimum Gasteiger partial charge on any atom is -0.390 e. The predicted octanol–water partition coefficient (Wildman–Crippen LogP) is 1.90. The molecule has 5 nitrogen and oxygen atoms in total. The lowest BCUT2D eigenvalue weighted by Crippen LogP contribution is -2.23. The summed E-state index contributed by atoms with van der Waals surface area (Å²) < 4.78 is 0. The number of hydrogen-bond acceptors (Lipinski definition) is 4. The van der Waals surface area contributed by atoms with E-state index in [1.165, 1.54) is 0 Å². The van der Waals surface area contributed by atoms with Crippen LogP contribution in [0, 0.1) is 0 Å². The molecular formula is C17H19N3O2. The summed E-state index contributed by atoms with van der Waals surface area (Å²) in [5.41, 5.74) is 2.79. The van der Waals surface area contributed by atoms with Gasteiger partial charge in [-0.2, -0.15) is 0 Å². The van der Waals surface area contributed by atoms with Crippen LogP contribution in [0.2, 0.25) is 0 Å². The van der Waals surface area contributed by atoms with E-state index in [-0.39, 0.29) is 11.9 Å². The minimum absolute atomic E-state index is 0.132. The third-order valence-corrected chi connectivity index (χ3v) is 3.87. The number of aliphatic hydroxyl groups excluding tert-OH is 1. The van der Waals surface area contributed by atoms with Gasteiger partial charge in [-0.15, -0.1) is 0 Å². The predicted molar refractivity (Wildman–Crippen MR) is 84.8 cm³/mol. The zero-order valence-corrected chi connectivity index (χ0v) is 12.4. The second-order valence-electron chi connectivity index (χ2n) is 5.38. The van der Waals surface area contributed by atoms with Crippen molar-refractivity contribution in [3.63, 3.8) is 0 Å². The number of pyridine rings is 1. The van der Waals surface area contributed by atoms with E-state index in [1.807, 2.05) is 31.2 Å². The normalized spacial score (nSPS) is 19.5. The van der Waals surface area contributed by atoms with E-state index in [0.29, 0.717) is 24.3 Å². The molecule has 0 unspecified atom stereocenters. The molecule has 114 valence electrons. The van der Waals surface area contributed by atoms with Crippen LogP contribution in [0.15, 0.2) is 42.6 Å². The summed E-state index contributed by atoms with van der Waals surface area (Å²) in [6.45, 7) is 2.46. The molecule has 5 heteroatoms. The average Bonchev–Trinajstić information content (AvgIpc) is 2.84. The van der Waals surface area contributed by atoms with Crippen molar-refractivity contribution in [2.45, 2.75) is 25.5 Å². The highest BCUT2D eigenvalue weighted by molar-refractivity contribution is 5.93. The van der Waals surface area contributed by atoms with Gasteiger partial charge in [0.15, 0.2) is 0 Å². The van der Waals surface area contributed by atoms with Gasteiger partial charge in [0.1, 0.15) is 5.82 Å². The van der Waals surface area contributed by atoms with Crippen LogP contribution >= 0.6 is 0 Å². The maximum absolute atomic E-state index is 11.7. The van der Waals surface area contributed by atoms with Crippen LogP contribution in [0.4, 0.5) is 5.82 Å². The first-order valence-corrected chi connectivity index (χ1v) is 7.45. The number of nitrogens with one attached hydrogen (secondary N) is 2. The third-order valence-electron chi connectivity index (χ3n) is 3.87. The van der Waals surface area contributed by atoms with Gasteiger partial charge in [0.05, 0.1) is 17.7 Å². The molecule has 2 aromatic rings. The lowest BCUT2D eigenvalue weighted by Gasteiger charge is -2.18. The summed E-state index contributed by atoms with van der Waals surface area (Å²) in [5, 5.41) is 16.2. The molecule has 1 amide bonds. The molecule has 0 radical (unpaired) electrons. The van der Waals surface area contributed by atoms with Crippen LogP contribution in [0.3, 0.4) is 0 Å². The zero-order chi connectivity index (χ0) is 15.5. The molecule has 22 heavy (non-hydrogen) atoms. The molecule has 1 aliphatic rings. The maximum Gasteiger partial charge on any atom is 0.252 e. The zero-order valence-electron chi connectivity index (χ0n) is 12.4. The highest BCUT2D eigenvalue weighted by atomic mass is 16.3. The molecule has 3 N–H and O–H groups in total. The van der Waals surface area contributed by atoms with E-state index in [1.54, 1.807) is 18.3 Å². The van der Waals surface area contributed by atoms with E-state index >= 15 is 0 Å². The molecule has 0 bridgehead atoms. The third kappa shape index (κ3) is 2.80. The maximum atomic E-state index is 11.7. The summed E-state index contributed by atoms with van der Waals surface area (Å²) in [4.78, 5) is 16.0. The monoisotopic (exact) mass is 297 g/mol. The number of carbonyl (C=O) groups excluding carboxylic acids is 1. The first-order chi connectivity index (χ1) is 10.7. The number of rotatable bonds is 4. The highest BCUT2D eigenvalue weighted by Gasteiger charge is 2.30. The SMILES string of the molecule is CCNC(=O)c1ccc(N[C@@H]2c3ccccc3C[C@@H]2O)nc1. The number of carbonyl (C=O) groups is 1.